The molecule has 0 aliphatic carbocycles. The number of aliphatic hydroxyl groups excluding tert-OH is 1. The number of nitrogens with one attached hydrogen (secondary N) is 1. The van der Waals surface area contributed by atoms with Crippen molar-refractivity contribution in [3.63, 3.8) is 0 Å². The molecule has 0 saturated carbocycles. The number of aliphatic hydroxyl groups is 1. The summed E-state index contributed by atoms with van der Waals surface area (Å²) in [4.78, 5) is 19.1. The Labute approximate surface area is 160 Å². The van der Waals surface area contributed by atoms with E-state index in [1.54, 1.807) is 6.07 Å². The second-order valence-corrected chi connectivity index (χ2v) is 7.01. The summed E-state index contributed by atoms with van der Waals surface area (Å²) in [5, 5.41) is 12.5. The maximum Gasteiger partial charge on any atom is 0.274 e. The zero-order valence-corrected chi connectivity index (χ0v) is 15.9. The van der Waals surface area contributed by atoms with Gasteiger partial charge in [0.25, 0.3) is 5.91 Å². The average molecular weight is 369 g/mol. The molecule has 0 unspecified atom stereocenters. The minimum atomic E-state index is -0.244. The number of carbonyl (C=O) groups excluding carboxylic acids is 1. The van der Waals surface area contributed by atoms with Crippen LogP contribution >= 0.6 is 0 Å². The van der Waals surface area contributed by atoms with Gasteiger partial charge in [0.05, 0.1) is 13.2 Å². The summed E-state index contributed by atoms with van der Waals surface area (Å²) < 4.78 is 5.22. The van der Waals surface area contributed by atoms with Gasteiger partial charge in [-0.25, -0.2) is 4.98 Å². The summed E-state index contributed by atoms with van der Waals surface area (Å²) in [6.07, 6.45) is 1.55. The van der Waals surface area contributed by atoms with E-state index < -0.39 is 0 Å². The average Bonchev–Trinajstić information content (AvgIpc) is 2.69. The fraction of sp³-hybridized carbons (Fsp3) is 0.429. The summed E-state index contributed by atoms with van der Waals surface area (Å²) in [5.74, 6) is 0.228. The summed E-state index contributed by atoms with van der Waals surface area (Å²) >= 11 is 0. The number of aryl methyl sites for hydroxylation is 1. The van der Waals surface area contributed by atoms with Gasteiger partial charge in [-0.1, -0.05) is 24.3 Å². The highest BCUT2D eigenvalue weighted by atomic mass is 16.5. The molecule has 2 N–H and O–H groups in total. The topological polar surface area (TPSA) is 74.7 Å². The monoisotopic (exact) mass is 369 g/mol. The number of aromatic nitrogens is 1. The van der Waals surface area contributed by atoms with E-state index >= 15 is 0 Å². The molecule has 0 bridgehead atoms. The van der Waals surface area contributed by atoms with Crippen LogP contribution in [0.25, 0.3) is 0 Å². The quantitative estimate of drug-likeness (QED) is 0.817. The maximum atomic E-state index is 12.4. The van der Waals surface area contributed by atoms with Crippen molar-refractivity contribution in [2.45, 2.75) is 39.0 Å². The van der Waals surface area contributed by atoms with Crippen molar-refractivity contribution >= 4 is 5.91 Å². The van der Waals surface area contributed by atoms with E-state index in [4.69, 9.17) is 4.74 Å². The van der Waals surface area contributed by atoms with Gasteiger partial charge >= 0.3 is 0 Å². The number of ether oxygens (including phenoxy) is 1. The number of amides is 1. The van der Waals surface area contributed by atoms with E-state index in [1.807, 2.05) is 25.1 Å². The summed E-state index contributed by atoms with van der Waals surface area (Å²) in [5.41, 5.74) is 3.35. The molecular formula is C21H27N3O3. The number of pyridine rings is 1. The number of rotatable bonds is 6. The third-order valence-electron chi connectivity index (χ3n) is 4.87. The Morgan fingerprint density at radius 2 is 1.85 bits per heavy atom. The highest BCUT2D eigenvalue weighted by Crippen LogP contribution is 2.17. The van der Waals surface area contributed by atoms with E-state index in [2.05, 4.69) is 27.3 Å². The van der Waals surface area contributed by atoms with Crippen molar-refractivity contribution in [2.24, 2.45) is 0 Å². The third kappa shape index (κ3) is 5.28. The van der Waals surface area contributed by atoms with Crippen LogP contribution in [0.3, 0.4) is 0 Å². The molecule has 2 aromatic rings. The van der Waals surface area contributed by atoms with Crippen molar-refractivity contribution in [2.75, 3.05) is 20.2 Å². The summed E-state index contributed by atoms with van der Waals surface area (Å²) in [6.45, 7) is 5.05. The Bertz CT molecular complexity index is 769. The fourth-order valence-corrected chi connectivity index (χ4v) is 3.24. The molecule has 1 amide bonds. The molecule has 1 aliphatic rings. The van der Waals surface area contributed by atoms with Crippen LogP contribution in [0.15, 0.2) is 36.4 Å². The Kier molecular flexibility index (Phi) is 6.42. The molecule has 1 aliphatic heterocycles. The number of methoxy groups -OCH3 is 1. The second-order valence-electron chi connectivity index (χ2n) is 7.01. The molecule has 1 fully saturated rings. The van der Waals surface area contributed by atoms with Crippen LogP contribution in [0.5, 0.6) is 5.75 Å². The van der Waals surface area contributed by atoms with Gasteiger partial charge in [-0.2, -0.15) is 0 Å². The first-order valence-corrected chi connectivity index (χ1v) is 9.33. The number of piperidine rings is 1. The van der Waals surface area contributed by atoms with E-state index in [-0.39, 0.29) is 12.0 Å². The van der Waals surface area contributed by atoms with Gasteiger partial charge in [-0.05, 0) is 43.0 Å². The number of hydrogen-bond acceptors (Lipinski definition) is 5. The van der Waals surface area contributed by atoms with E-state index in [1.165, 1.54) is 12.7 Å². The van der Waals surface area contributed by atoms with Crippen molar-refractivity contribution in [3.8, 4) is 5.75 Å². The molecule has 1 aromatic heterocycles. The second kappa shape index (κ2) is 8.97. The van der Waals surface area contributed by atoms with Crippen molar-refractivity contribution in [1.82, 2.24) is 15.2 Å². The lowest BCUT2D eigenvalue weighted by Crippen LogP contribution is -2.35. The SMILES string of the molecule is COc1ccc(C)nc1C(=O)NCc1ccc(CN2CCC(O)CC2)cc1. The minimum Gasteiger partial charge on any atom is -0.494 e. The fourth-order valence-electron chi connectivity index (χ4n) is 3.24. The molecule has 0 radical (unpaired) electrons. The first-order chi connectivity index (χ1) is 13.0. The largest absolute Gasteiger partial charge is 0.494 e. The Hall–Kier alpha value is -2.44. The standard InChI is InChI=1S/C21H27N3O3/c1-15-3-8-19(27-2)20(23-15)21(26)22-13-16-4-6-17(7-5-16)14-24-11-9-18(25)10-12-24/h3-8,18,25H,9-14H2,1-2H3,(H,22,26). The first-order valence-electron chi connectivity index (χ1n) is 9.33. The lowest BCUT2D eigenvalue weighted by Gasteiger charge is -2.29. The van der Waals surface area contributed by atoms with Gasteiger partial charge in [0.2, 0.25) is 0 Å². The molecule has 2 heterocycles. The molecule has 6 heteroatoms. The smallest absolute Gasteiger partial charge is 0.274 e. The molecular weight excluding hydrogens is 342 g/mol. The molecule has 1 aromatic carbocycles. The van der Waals surface area contributed by atoms with Crippen LogP contribution in [-0.2, 0) is 13.1 Å². The van der Waals surface area contributed by atoms with Crippen molar-refractivity contribution < 1.29 is 14.6 Å². The Morgan fingerprint density at radius 3 is 2.52 bits per heavy atom. The minimum absolute atomic E-state index is 0.145. The third-order valence-corrected chi connectivity index (χ3v) is 4.87. The lowest BCUT2D eigenvalue weighted by atomic mass is 10.1. The zero-order chi connectivity index (χ0) is 19.2. The van der Waals surface area contributed by atoms with Gasteiger partial charge in [-0.3, -0.25) is 9.69 Å². The molecule has 3 rings (SSSR count). The number of likely N-dealkylation sites (tertiary alicyclic amines) is 1. The predicted octanol–water partition coefficient (Wildman–Crippen LogP) is 2.29. The lowest BCUT2D eigenvalue weighted by molar-refractivity contribution is 0.0792. The van der Waals surface area contributed by atoms with Crippen LogP contribution in [0, 0.1) is 6.92 Å². The highest BCUT2D eigenvalue weighted by Gasteiger charge is 2.17. The number of hydrogen-bond donors (Lipinski definition) is 2. The predicted molar refractivity (Wildman–Crippen MR) is 104 cm³/mol. The maximum absolute atomic E-state index is 12.4. The molecule has 6 nitrogen and oxygen atoms in total. The van der Waals surface area contributed by atoms with Crippen LogP contribution in [-0.4, -0.2) is 47.2 Å². The number of carbonyl (C=O) groups is 1. The van der Waals surface area contributed by atoms with Gasteiger partial charge < -0.3 is 15.2 Å². The van der Waals surface area contributed by atoms with Crippen LogP contribution in [0.1, 0.15) is 40.2 Å². The molecule has 1 saturated heterocycles. The normalized spacial score (nSPS) is 15.5. The van der Waals surface area contributed by atoms with Gasteiger partial charge in [-0.15, -0.1) is 0 Å². The zero-order valence-electron chi connectivity index (χ0n) is 15.9. The Balaban J connectivity index is 1.54. The van der Waals surface area contributed by atoms with E-state index in [0.29, 0.717) is 18.0 Å². The van der Waals surface area contributed by atoms with Crippen LogP contribution in [0.4, 0.5) is 0 Å². The number of nitrogens with zero attached hydrogens (tertiary/aromatic N) is 2. The molecule has 144 valence electrons. The summed E-state index contributed by atoms with van der Waals surface area (Å²) in [7, 11) is 1.53. The van der Waals surface area contributed by atoms with Gasteiger partial charge in [0, 0.05) is 31.9 Å². The Morgan fingerprint density at radius 1 is 1.19 bits per heavy atom. The molecule has 0 atom stereocenters. The van der Waals surface area contributed by atoms with E-state index in [0.717, 1.165) is 43.7 Å². The first kappa shape index (κ1) is 19.3. The molecule has 0 spiro atoms. The van der Waals surface area contributed by atoms with Crippen molar-refractivity contribution in [3.05, 3.63) is 58.9 Å². The number of benzene rings is 1. The van der Waals surface area contributed by atoms with E-state index in [9.17, 15) is 9.90 Å². The van der Waals surface area contributed by atoms with Gasteiger partial charge in [0.1, 0.15) is 5.75 Å². The van der Waals surface area contributed by atoms with Crippen LogP contribution in [0.2, 0.25) is 0 Å². The highest BCUT2D eigenvalue weighted by molar-refractivity contribution is 5.94. The molecule has 27 heavy (non-hydrogen) atoms. The van der Waals surface area contributed by atoms with Crippen LogP contribution < -0.4 is 10.1 Å². The van der Waals surface area contributed by atoms with Crippen molar-refractivity contribution in [1.29, 1.82) is 0 Å². The van der Waals surface area contributed by atoms with Gasteiger partial charge in [0.15, 0.2) is 5.69 Å². The summed E-state index contributed by atoms with van der Waals surface area (Å²) in [6, 6.07) is 11.8.